The number of nitrogens with zero attached hydrogens (tertiary/aromatic N) is 3. The number of morpholine rings is 1. The zero-order valence-electron chi connectivity index (χ0n) is 24.0. The largest absolute Gasteiger partial charge is 0.491 e. The van der Waals surface area contributed by atoms with Gasteiger partial charge in [0.25, 0.3) is 0 Å². The van der Waals surface area contributed by atoms with Crippen LogP contribution < -0.4 is 24.8 Å². The van der Waals surface area contributed by atoms with Crippen LogP contribution in [0.2, 0.25) is 5.02 Å². The number of rotatable bonds is 12. The Kier molecular flexibility index (Phi) is 10.4. The molecule has 11 nitrogen and oxygen atoms in total. The average Bonchev–Trinajstić information content (AvgIpc) is 3.02. The first-order chi connectivity index (χ1) is 21.4. The smallest absolute Gasteiger partial charge is 0.238 e. The minimum absolute atomic E-state index is 0.105. The fourth-order valence-electron chi connectivity index (χ4n) is 4.61. The van der Waals surface area contributed by atoms with Gasteiger partial charge in [-0.05, 0) is 55.0 Å². The first-order valence-electron chi connectivity index (χ1n) is 14.0. The van der Waals surface area contributed by atoms with E-state index in [4.69, 9.17) is 30.5 Å². The van der Waals surface area contributed by atoms with E-state index in [0.717, 1.165) is 39.3 Å². The van der Waals surface area contributed by atoms with E-state index >= 15 is 0 Å². The predicted molar refractivity (Wildman–Crippen MR) is 163 cm³/mol. The molecule has 13 heteroatoms. The average molecular weight is 624 g/mol. The summed E-state index contributed by atoms with van der Waals surface area (Å²) in [6.45, 7) is 4.84. The number of anilines is 2. The molecule has 0 spiro atoms. The van der Waals surface area contributed by atoms with Crippen LogP contribution in [0, 0.1) is 5.82 Å². The predicted octanol–water partition coefficient (Wildman–Crippen LogP) is 5.29. The molecule has 2 N–H and O–H groups in total. The zero-order valence-corrected chi connectivity index (χ0v) is 24.7. The highest BCUT2D eigenvalue weighted by molar-refractivity contribution is 6.32. The number of fused-ring (bicyclic) bond motifs is 1. The van der Waals surface area contributed by atoms with Gasteiger partial charge >= 0.3 is 0 Å². The number of methoxy groups -OCH3 is 1. The Bertz CT molecular complexity index is 1620. The summed E-state index contributed by atoms with van der Waals surface area (Å²) in [6, 6.07) is 12.0. The van der Waals surface area contributed by atoms with Crippen molar-refractivity contribution >= 4 is 45.7 Å². The molecule has 0 unspecified atom stereocenters. The molecule has 5 rings (SSSR count). The molecule has 44 heavy (non-hydrogen) atoms. The van der Waals surface area contributed by atoms with Crippen molar-refractivity contribution in [3.8, 4) is 23.1 Å². The summed E-state index contributed by atoms with van der Waals surface area (Å²) < 4.78 is 36.2. The first kappa shape index (κ1) is 30.9. The van der Waals surface area contributed by atoms with Crippen molar-refractivity contribution in [3.05, 3.63) is 71.8 Å². The molecule has 230 valence electrons. The van der Waals surface area contributed by atoms with Crippen molar-refractivity contribution in [2.45, 2.75) is 12.8 Å². The lowest BCUT2D eigenvalue weighted by atomic mass is 10.1. The maximum atomic E-state index is 13.0. The second-order valence-electron chi connectivity index (χ2n) is 9.85. The number of amides is 2. The van der Waals surface area contributed by atoms with Crippen molar-refractivity contribution in [1.29, 1.82) is 0 Å². The summed E-state index contributed by atoms with van der Waals surface area (Å²) in [7, 11) is 1.56. The van der Waals surface area contributed by atoms with Gasteiger partial charge in [-0.3, -0.25) is 19.5 Å². The molecule has 1 aliphatic rings. The van der Waals surface area contributed by atoms with Gasteiger partial charge in [-0.15, -0.1) is 0 Å². The topological polar surface area (TPSA) is 124 Å². The maximum Gasteiger partial charge on any atom is 0.238 e. The Labute approximate surface area is 258 Å². The van der Waals surface area contributed by atoms with Crippen LogP contribution in [-0.2, 0) is 14.3 Å². The minimum Gasteiger partial charge on any atom is -0.491 e. The molecule has 4 aromatic rings. The Morgan fingerprint density at radius 3 is 2.48 bits per heavy atom. The molecule has 2 aromatic heterocycles. The third-order valence-corrected chi connectivity index (χ3v) is 6.99. The lowest BCUT2D eigenvalue weighted by Crippen LogP contribution is -2.37. The van der Waals surface area contributed by atoms with Crippen LogP contribution in [0.1, 0.15) is 12.8 Å². The monoisotopic (exact) mass is 623 g/mol. The molecule has 0 saturated carbocycles. The number of carbonyl (C=O) groups is 2. The molecule has 2 amide bonds. The Morgan fingerprint density at radius 2 is 1.75 bits per heavy atom. The number of ether oxygens (including phenoxy) is 4. The van der Waals surface area contributed by atoms with E-state index in [1.807, 2.05) is 12.1 Å². The van der Waals surface area contributed by atoms with Gasteiger partial charge < -0.3 is 29.6 Å². The molecule has 3 heterocycles. The van der Waals surface area contributed by atoms with Crippen LogP contribution in [0.5, 0.6) is 23.1 Å². The number of benzene rings is 2. The van der Waals surface area contributed by atoms with Crippen LogP contribution in [0.15, 0.2) is 60.9 Å². The number of pyridine rings is 2. The zero-order chi connectivity index (χ0) is 30.9. The molecular weight excluding hydrogens is 593 g/mol. The maximum absolute atomic E-state index is 13.0. The highest BCUT2D eigenvalue weighted by atomic mass is 35.5. The van der Waals surface area contributed by atoms with Crippen LogP contribution >= 0.6 is 11.6 Å². The van der Waals surface area contributed by atoms with Crippen molar-refractivity contribution in [3.63, 3.8) is 0 Å². The number of hydrogen-bond donors (Lipinski definition) is 2. The molecule has 0 bridgehead atoms. The Hall–Kier alpha value is -4.52. The molecule has 0 atom stereocenters. The van der Waals surface area contributed by atoms with Crippen LogP contribution in [0.3, 0.4) is 0 Å². The summed E-state index contributed by atoms with van der Waals surface area (Å²) >= 11 is 6.43. The van der Waals surface area contributed by atoms with Gasteiger partial charge in [0.05, 0.1) is 38.8 Å². The van der Waals surface area contributed by atoms with Crippen LogP contribution in [-0.4, -0.2) is 73.2 Å². The lowest BCUT2D eigenvalue weighted by Gasteiger charge is -2.26. The van der Waals surface area contributed by atoms with Gasteiger partial charge in [0.1, 0.15) is 28.5 Å². The summed E-state index contributed by atoms with van der Waals surface area (Å²) in [6.07, 6.45) is 3.35. The number of hydrogen-bond acceptors (Lipinski definition) is 9. The molecule has 1 aliphatic heterocycles. The third kappa shape index (κ3) is 8.10. The number of carbonyl (C=O) groups excluding carboxylic acids is 2. The summed E-state index contributed by atoms with van der Waals surface area (Å²) in [4.78, 5) is 35.6. The van der Waals surface area contributed by atoms with E-state index in [0.29, 0.717) is 40.4 Å². The highest BCUT2D eigenvalue weighted by Gasteiger charge is 2.17. The first-order valence-corrected chi connectivity index (χ1v) is 14.3. The van der Waals surface area contributed by atoms with Crippen molar-refractivity contribution in [2.75, 3.05) is 57.2 Å². The van der Waals surface area contributed by atoms with Gasteiger partial charge in [0.2, 0.25) is 17.7 Å². The van der Waals surface area contributed by atoms with E-state index in [1.165, 1.54) is 36.5 Å². The van der Waals surface area contributed by atoms with E-state index < -0.39 is 24.1 Å². The quantitative estimate of drug-likeness (QED) is 0.160. The summed E-state index contributed by atoms with van der Waals surface area (Å²) in [5, 5.41) is 5.90. The van der Waals surface area contributed by atoms with Crippen molar-refractivity contribution in [1.82, 2.24) is 14.9 Å². The molecule has 0 radical (unpaired) electrons. The molecular formula is C31H31ClFN5O6. The van der Waals surface area contributed by atoms with E-state index in [2.05, 4.69) is 25.5 Å². The van der Waals surface area contributed by atoms with E-state index in [9.17, 15) is 14.0 Å². The van der Waals surface area contributed by atoms with Gasteiger partial charge in [-0.2, -0.15) is 0 Å². The number of aromatic nitrogens is 2. The fourth-order valence-corrected chi connectivity index (χ4v) is 4.81. The number of halogens is 2. The SMILES string of the molecule is COc1c(OCCCN2CCOCC2)ccc2c(Oc3ncc(NC(=O)CC(=O)Nc4ccc(F)cc4)cc3Cl)ccnc12. The number of nitrogens with one attached hydrogen (secondary N) is 2. The summed E-state index contributed by atoms with van der Waals surface area (Å²) in [5.41, 5.74) is 1.20. The minimum atomic E-state index is -0.581. The Balaban J connectivity index is 1.20. The van der Waals surface area contributed by atoms with Gasteiger partial charge in [0, 0.05) is 36.9 Å². The molecule has 0 aliphatic carbocycles. The van der Waals surface area contributed by atoms with E-state index in [1.54, 1.807) is 19.4 Å². The second-order valence-corrected chi connectivity index (χ2v) is 10.3. The summed E-state index contributed by atoms with van der Waals surface area (Å²) in [5.74, 6) is 0.0371. The van der Waals surface area contributed by atoms with Crippen LogP contribution in [0.25, 0.3) is 10.9 Å². The molecule has 1 fully saturated rings. The van der Waals surface area contributed by atoms with Crippen LogP contribution in [0.4, 0.5) is 15.8 Å². The fraction of sp³-hybridized carbons (Fsp3) is 0.290. The Morgan fingerprint density at radius 1 is 1.00 bits per heavy atom. The highest BCUT2D eigenvalue weighted by Crippen LogP contribution is 2.40. The third-order valence-electron chi connectivity index (χ3n) is 6.72. The van der Waals surface area contributed by atoms with Gasteiger partial charge in [0.15, 0.2) is 11.5 Å². The van der Waals surface area contributed by atoms with Crippen molar-refractivity contribution in [2.24, 2.45) is 0 Å². The van der Waals surface area contributed by atoms with Gasteiger partial charge in [-0.25, -0.2) is 9.37 Å². The van der Waals surface area contributed by atoms with Gasteiger partial charge in [-0.1, -0.05) is 11.6 Å². The van der Waals surface area contributed by atoms with E-state index in [-0.39, 0.29) is 16.6 Å². The second kappa shape index (κ2) is 14.8. The van der Waals surface area contributed by atoms with Crippen molar-refractivity contribution < 1.29 is 32.9 Å². The standard InChI is InChI=1S/C31H31ClFN5O6/c1-41-30-26(43-14-2-11-38-12-15-42-16-13-38)8-7-23-25(9-10-34-29(23)30)44-31-24(32)17-22(19-35-31)37-28(40)18-27(39)36-21-5-3-20(33)4-6-21/h3-10,17,19H,2,11-16,18H2,1H3,(H,36,39)(H,37,40). The lowest BCUT2D eigenvalue weighted by molar-refractivity contribution is -0.123. The molecule has 2 aromatic carbocycles. The normalized spacial score (nSPS) is 13.3. The molecule has 1 saturated heterocycles.